The highest BCUT2D eigenvalue weighted by molar-refractivity contribution is 7.80. The van der Waals surface area contributed by atoms with E-state index in [1.54, 1.807) is 14.2 Å². The zero-order chi connectivity index (χ0) is 15.4. The summed E-state index contributed by atoms with van der Waals surface area (Å²) in [6.07, 6.45) is 1.27. The lowest BCUT2D eigenvalue weighted by molar-refractivity contribution is 0.216. The number of likely N-dealkylation sites (tertiary alicyclic amines) is 1. The van der Waals surface area contributed by atoms with E-state index in [2.05, 4.69) is 24.1 Å². The fourth-order valence-electron chi connectivity index (χ4n) is 2.92. The van der Waals surface area contributed by atoms with Crippen molar-refractivity contribution in [2.45, 2.75) is 20.3 Å². The van der Waals surface area contributed by atoms with E-state index >= 15 is 0 Å². The highest BCUT2D eigenvalue weighted by atomic mass is 32.1. The average Bonchev–Trinajstić information content (AvgIpc) is 2.46. The van der Waals surface area contributed by atoms with Gasteiger partial charge in [0.05, 0.1) is 19.9 Å². The van der Waals surface area contributed by atoms with Crippen molar-refractivity contribution in [3.05, 3.63) is 18.2 Å². The van der Waals surface area contributed by atoms with E-state index in [4.69, 9.17) is 21.7 Å². The summed E-state index contributed by atoms with van der Waals surface area (Å²) in [5.74, 6) is 2.84. The molecule has 0 spiro atoms. The van der Waals surface area contributed by atoms with E-state index in [0.717, 1.165) is 35.4 Å². The zero-order valence-corrected chi connectivity index (χ0v) is 14.0. The van der Waals surface area contributed by atoms with Gasteiger partial charge in [0.2, 0.25) is 0 Å². The highest BCUT2D eigenvalue weighted by Gasteiger charge is 2.23. The summed E-state index contributed by atoms with van der Waals surface area (Å²) in [5, 5.41) is 4.06. The molecule has 21 heavy (non-hydrogen) atoms. The van der Waals surface area contributed by atoms with Gasteiger partial charge in [-0.2, -0.15) is 0 Å². The molecular formula is C16H24N2O2S. The van der Waals surface area contributed by atoms with Crippen LogP contribution in [-0.2, 0) is 0 Å². The van der Waals surface area contributed by atoms with Crippen LogP contribution in [0.25, 0.3) is 0 Å². The van der Waals surface area contributed by atoms with Gasteiger partial charge in [-0.05, 0) is 42.6 Å². The number of nitrogens with zero attached hydrogens (tertiary/aromatic N) is 1. The predicted molar refractivity (Wildman–Crippen MR) is 90.3 cm³/mol. The third kappa shape index (κ3) is 4.00. The van der Waals surface area contributed by atoms with Gasteiger partial charge in [-0.1, -0.05) is 13.8 Å². The second-order valence-electron chi connectivity index (χ2n) is 5.85. The van der Waals surface area contributed by atoms with E-state index in [-0.39, 0.29) is 0 Å². The van der Waals surface area contributed by atoms with Gasteiger partial charge in [0.1, 0.15) is 11.5 Å². The second kappa shape index (κ2) is 6.98. The van der Waals surface area contributed by atoms with Crippen molar-refractivity contribution in [2.24, 2.45) is 11.8 Å². The minimum Gasteiger partial charge on any atom is -0.497 e. The van der Waals surface area contributed by atoms with Crippen LogP contribution in [0.4, 0.5) is 5.69 Å². The molecule has 0 bridgehead atoms. The Bertz CT molecular complexity index is 497. The number of benzene rings is 1. The molecule has 1 saturated heterocycles. The van der Waals surface area contributed by atoms with Crippen molar-refractivity contribution in [1.29, 1.82) is 0 Å². The Labute approximate surface area is 132 Å². The van der Waals surface area contributed by atoms with Gasteiger partial charge in [0.25, 0.3) is 0 Å². The number of methoxy groups -OCH3 is 2. The topological polar surface area (TPSA) is 33.7 Å². The predicted octanol–water partition coefficient (Wildman–Crippen LogP) is 3.38. The summed E-state index contributed by atoms with van der Waals surface area (Å²) < 4.78 is 10.6. The number of hydrogen-bond acceptors (Lipinski definition) is 3. The molecule has 1 fully saturated rings. The average molecular weight is 308 g/mol. The molecule has 2 rings (SSSR count). The van der Waals surface area contributed by atoms with Gasteiger partial charge >= 0.3 is 0 Å². The Morgan fingerprint density at radius 1 is 1.19 bits per heavy atom. The molecule has 2 unspecified atom stereocenters. The van der Waals surface area contributed by atoms with Gasteiger partial charge in [0.15, 0.2) is 5.11 Å². The van der Waals surface area contributed by atoms with Gasteiger partial charge in [-0.3, -0.25) is 0 Å². The summed E-state index contributed by atoms with van der Waals surface area (Å²) in [4.78, 5) is 2.25. The van der Waals surface area contributed by atoms with Crippen molar-refractivity contribution in [3.63, 3.8) is 0 Å². The van der Waals surface area contributed by atoms with Crippen LogP contribution in [0.2, 0.25) is 0 Å². The lowest BCUT2D eigenvalue weighted by Gasteiger charge is -2.36. The van der Waals surface area contributed by atoms with Crippen molar-refractivity contribution in [3.8, 4) is 11.5 Å². The first-order valence-corrected chi connectivity index (χ1v) is 7.72. The van der Waals surface area contributed by atoms with E-state index in [0.29, 0.717) is 11.8 Å². The zero-order valence-electron chi connectivity index (χ0n) is 13.2. The van der Waals surface area contributed by atoms with Crippen LogP contribution < -0.4 is 14.8 Å². The molecule has 0 radical (unpaired) electrons. The Hall–Kier alpha value is -1.49. The van der Waals surface area contributed by atoms with Crippen molar-refractivity contribution in [2.75, 3.05) is 32.6 Å². The molecule has 1 aromatic rings. The minimum atomic E-state index is 0.672. The minimum absolute atomic E-state index is 0.672. The van der Waals surface area contributed by atoms with E-state index in [1.165, 1.54) is 6.42 Å². The first-order chi connectivity index (χ1) is 10.0. The van der Waals surface area contributed by atoms with Crippen LogP contribution >= 0.6 is 12.2 Å². The second-order valence-corrected chi connectivity index (χ2v) is 6.23. The van der Waals surface area contributed by atoms with E-state index in [1.807, 2.05) is 18.2 Å². The van der Waals surface area contributed by atoms with Crippen molar-refractivity contribution >= 4 is 23.0 Å². The SMILES string of the molecule is COc1ccc(NC(=S)N2CC(C)CC(C)C2)c(OC)c1. The molecule has 0 amide bonds. The first kappa shape index (κ1) is 15.9. The Morgan fingerprint density at radius 3 is 2.43 bits per heavy atom. The van der Waals surface area contributed by atoms with E-state index < -0.39 is 0 Å². The van der Waals surface area contributed by atoms with Gasteiger partial charge in [-0.15, -0.1) is 0 Å². The highest BCUT2D eigenvalue weighted by Crippen LogP contribution is 2.30. The molecule has 1 aliphatic heterocycles. The largest absolute Gasteiger partial charge is 0.497 e. The molecule has 5 heteroatoms. The Kier molecular flexibility index (Phi) is 5.28. The lowest BCUT2D eigenvalue weighted by atomic mass is 9.92. The number of nitrogens with one attached hydrogen (secondary N) is 1. The summed E-state index contributed by atoms with van der Waals surface area (Å²) in [7, 11) is 3.29. The molecule has 1 aliphatic rings. The number of piperidine rings is 1. The van der Waals surface area contributed by atoms with Crippen LogP contribution in [0.5, 0.6) is 11.5 Å². The molecule has 1 heterocycles. The van der Waals surface area contributed by atoms with Crippen molar-refractivity contribution in [1.82, 2.24) is 4.90 Å². The normalized spacial score (nSPS) is 21.8. The molecule has 0 aliphatic carbocycles. The van der Waals surface area contributed by atoms with Crippen LogP contribution in [-0.4, -0.2) is 37.3 Å². The molecular weight excluding hydrogens is 284 g/mol. The van der Waals surface area contributed by atoms with E-state index in [9.17, 15) is 0 Å². The van der Waals surface area contributed by atoms with Crippen molar-refractivity contribution < 1.29 is 9.47 Å². The molecule has 0 saturated carbocycles. The smallest absolute Gasteiger partial charge is 0.173 e. The molecule has 2 atom stereocenters. The summed E-state index contributed by atoms with van der Waals surface area (Å²) in [6.45, 7) is 6.57. The van der Waals surface area contributed by atoms with Crippen LogP contribution in [0.3, 0.4) is 0 Å². The maximum absolute atomic E-state index is 5.56. The maximum Gasteiger partial charge on any atom is 0.173 e. The van der Waals surface area contributed by atoms with Crippen LogP contribution in [0.1, 0.15) is 20.3 Å². The standard InChI is InChI=1S/C16H24N2O2S/c1-11-7-12(2)10-18(9-11)16(21)17-14-6-5-13(19-3)8-15(14)20-4/h5-6,8,11-12H,7,9-10H2,1-4H3,(H,17,21). The summed E-state index contributed by atoms with van der Waals surface area (Å²) in [5.41, 5.74) is 0.870. The Balaban J connectivity index is 2.08. The fourth-order valence-corrected chi connectivity index (χ4v) is 3.18. The molecule has 1 aromatic carbocycles. The maximum atomic E-state index is 5.56. The molecule has 0 aromatic heterocycles. The summed E-state index contributed by atoms with van der Waals surface area (Å²) >= 11 is 5.56. The first-order valence-electron chi connectivity index (χ1n) is 7.31. The fraction of sp³-hybridized carbons (Fsp3) is 0.562. The Morgan fingerprint density at radius 2 is 1.86 bits per heavy atom. The van der Waals surface area contributed by atoms with Gasteiger partial charge in [-0.25, -0.2) is 0 Å². The quantitative estimate of drug-likeness (QED) is 0.866. The van der Waals surface area contributed by atoms with Crippen LogP contribution in [0, 0.1) is 11.8 Å². The molecule has 1 N–H and O–H groups in total. The number of hydrogen-bond donors (Lipinski definition) is 1. The van der Waals surface area contributed by atoms with Crippen LogP contribution in [0.15, 0.2) is 18.2 Å². The third-order valence-electron chi connectivity index (χ3n) is 3.81. The number of thiocarbonyl (C=S) groups is 1. The summed E-state index contributed by atoms with van der Waals surface area (Å²) in [6, 6.07) is 5.68. The number of rotatable bonds is 3. The van der Waals surface area contributed by atoms with Gasteiger partial charge in [0, 0.05) is 19.2 Å². The number of anilines is 1. The molecule has 4 nitrogen and oxygen atoms in total. The monoisotopic (exact) mass is 308 g/mol. The third-order valence-corrected chi connectivity index (χ3v) is 4.17. The lowest BCUT2D eigenvalue weighted by Crippen LogP contribution is -2.44. The van der Waals surface area contributed by atoms with Gasteiger partial charge < -0.3 is 19.7 Å². The molecule has 116 valence electrons. The number of ether oxygens (including phenoxy) is 2.